The molecular formula is C45H27N3O2. The van der Waals surface area contributed by atoms with Gasteiger partial charge >= 0.3 is 0 Å². The van der Waals surface area contributed by atoms with Gasteiger partial charge in [-0.15, -0.1) is 0 Å². The summed E-state index contributed by atoms with van der Waals surface area (Å²) in [5.74, 6) is 0.657. The lowest BCUT2D eigenvalue weighted by Crippen LogP contribution is -1.97. The third-order valence-corrected chi connectivity index (χ3v) is 9.44. The van der Waals surface area contributed by atoms with Crippen LogP contribution in [0.5, 0.6) is 0 Å². The van der Waals surface area contributed by atoms with Crippen LogP contribution in [0.3, 0.4) is 0 Å². The summed E-state index contributed by atoms with van der Waals surface area (Å²) < 4.78 is 12.9. The first-order valence-electron chi connectivity index (χ1n) is 16.6. The number of aromatic nitrogens is 3. The highest BCUT2D eigenvalue weighted by molar-refractivity contribution is 6.17. The molecule has 0 bridgehead atoms. The molecule has 4 aromatic heterocycles. The summed E-state index contributed by atoms with van der Waals surface area (Å²) >= 11 is 0. The van der Waals surface area contributed by atoms with E-state index >= 15 is 0 Å². The molecule has 0 aliphatic rings. The van der Waals surface area contributed by atoms with E-state index in [4.69, 9.17) is 18.8 Å². The van der Waals surface area contributed by atoms with Crippen molar-refractivity contribution in [1.29, 1.82) is 0 Å². The number of fused-ring (bicyclic) bond motifs is 6. The van der Waals surface area contributed by atoms with Crippen molar-refractivity contribution < 1.29 is 8.83 Å². The van der Waals surface area contributed by atoms with Gasteiger partial charge in [-0.25, -0.2) is 9.97 Å². The van der Waals surface area contributed by atoms with Crippen molar-refractivity contribution in [2.75, 3.05) is 0 Å². The fourth-order valence-electron chi connectivity index (χ4n) is 7.09. The number of furan rings is 2. The lowest BCUT2D eigenvalue weighted by molar-refractivity contribution is 0.668. The van der Waals surface area contributed by atoms with Crippen LogP contribution >= 0.6 is 0 Å². The molecule has 0 radical (unpaired) electrons. The Balaban J connectivity index is 1.23. The highest BCUT2D eigenvalue weighted by Gasteiger charge is 2.21. The Kier molecular flexibility index (Phi) is 6.42. The van der Waals surface area contributed by atoms with Gasteiger partial charge in [-0.1, -0.05) is 103 Å². The first-order chi connectivity index (χ1) is 24.8. The van der Waals surface area contributed by atoms with Gasteiger partial charge < -0.3 is 8.83 Å². The number of hydrogen-bond acceptors (Lipinski definition) is 5. The summed E-state index contributed by atoms with van der Waals surface area (Å²) in [6, 6.07) is 51.8. The maximum absolute atomic E-state index is 6.72. The van der Waals surface area contributed by atoms with Crippen molar-refractivity contribution in [3.63, 3.8) is 0 Å². The van der Waals surface area contributed by atoms with Crippen molar-refractivity contribution >= 4 is 43.9 Å². The van der Waals surface area contributed by atoms with Crippen molar-refractivity contribution in [2.45, 2.75) is 0 Å². The predicted molar refractivity (Wildman–Crippen MR) is 202 cm³/mol. The average molecular weight is 642 g/mol. The molecule has 0 unspecified atom stereocenters. The molecule has 0 aliphatic carbocycles. The zero-order chi connectivity index (χ0) is 33.0. The number of rotatable bonds is 5. The normalized spacial score (nSPS) is 11.6. The summed E-state index contributed by atoms with van der Waals surface area (Å²) in [6.45, 7) is 0. The second kappa shape index (κ2) is 11.4. The molecule has 0 amide bonds. The van der Waals surface area contributed by atoms with Crippen LogP contribution < -0.4 is 0 Å². The fraction of sp³-hybridized carbons (Fsp3) is 0. The van der Waals surface area contributed by atoms with Gasteiger partial charge in [0.2, 0.25) is 0 Å². The van der Waals surface area contributed by atoms with E-state index in [-0.39, 0.29) is 0 Å². The molecule has 50 heavy (non-hydrogen) atoms. The van der Waals surface area contributed by atoms with E-state index in [2.05, 4.69) is 96.0 Å². The van der Waals surface area contributed by atoms with E-state index in [9.17, 15) is 0 Å². The molecule has 0 spiro atoms. The van der Waals surface area contributed by atoms with Gasteiger partial charge in [0.25, 0.3) is 0 Å². The predicted octanol–water partition coefficient (Wildman–Crippen LogP) is 12.0. The van der Waals surface area contributed by atoms with Gasteiger partial charge in [0.05, 0.1) is 11.4 Å². The quantitative estimate of drug-likeness (QED) is 0.187. The Morgan fingerprint density at radius 2 is 1.02 bits per heavy atom. The monoisotopic (exact) mass is 641 g/mol. The van der Waals surface area contributed by atoms with Crippen LogP contribution in [-0.2, 0) is 0 Å². The molecule has 0 aliphatic heterocycles. The molecule has 5 nitrogen and oxygen atoms in total. The standard InChI is InChI=1S/C45H27N3O2/c1-2-10-29(11-3-1)45-47-38(33-13-5-4-12-31(33)28-22-24-46-25-23-28)27-39(48-45)35-20-19-32(44-43(35)36-15-7-9-17-41(36)50-44)30-18-21-42-37(26-30)34-14-6-8-16-40(34)49-42/h1-27H. The summed E-state index contributed by atoms with van der Waals surface area (Å²) in [5.41, 5.74) is 12.2. The second-order valence-electron chi connectivity index (χ2n) is 12.4. The summed E-state index contributed by atoms with van der Waals surface area (Å²) in [6.07, 6.45) is 3.64. The molecule has 10 rings (SSSR count). The van der Waals surface area contributed by atoms with Crippen LogP contribution in [0.15, 0.2) is 173 Å². The minimum Gasteiger partial charge on any atom is -0.456 e. The third-order valence-electron chi connectivity index (χ3n) is 9.44. The van der Waals surface area contributed by atoms with Crippen LogP contribution in [-0.4, -0.2) is 15.0 Å². The van der Waals surface area contributed by atoms with Crippen LogP contribution in [0, 0.1) is 0 Å². The number of benzene rings is 6. The van der Waals surface area contributed by atoms with E-state index in [1.807, 2.05) is 73.1 Å². The van der Waals surface area contributed by atoms with Crippen molar-refractivity contribution in [2.24, 2.45) is 0 Å². The average Bonchev–Trinajstić information content (AvgIpc) is 3.77. The third kappa shape index (κ3) is 4.60. The Morgan fingerprint density at radius 1 is 0.380 bits per heavy atom. The second-order valence-corrected chi connectivity index (χ2v) is 12.4. The lowest BCUT2D eigenvalue weighted by atomic mass is 9.94. The van der Waals surface area contributed by atoms with Crippen LogP contribution in [0.1, 0.15) is 0 Å². The van der Waals surface area contributed by atoms with Gasteiger partial charge in [-0.2, -0.15) is 0 Å². The molecular weight excluding hydrogens is 615 g/mol. The molecule has 5 heteroatoms. The summed E-state index contributed by atoms with van der Waals surface area (Å²) in [4.78, 5) is 14.6. The highest BCUT2D eigenvalue weighted by atomic mass is 16.3. The van der Waals surface area contributed by atoms with E-state index in [0.717, 1.165) is 94.2 Å². The number of para-hydroxylation sites is 2. The Hall–Kier alpha value is -6.85. The Morgan fingerprint density at radius 3 is 1.84 bits per heavy atom. The van der Waals surface area contributed by atoms with E-state index in [1.54, 1.807) is 0 Å². The first kappa shape index (κ1) is 28.2. The Labute approximate surface area is 287 Å². The topological polar surface area (TPSA) is 65.0 Å². The Bertz CT molecular complexity index is 2870. The first-order valence-corrected chi connectivity index (χ1v) is 16.6. The molecule has 0 saturated heterocycles. The van der Waals surface area contributed by atoms with Crippen molar-refractivity contribution in [3.05, 3.63) is 164 Å². The maximum Gasteiger partial charge on any atom is 0.160 e. The van der Waals surface area contributed by atoms with Crippen molar-refractivity contribution in [3.8, 4) is 56.2 Å². The van der Waals surface area contributed by atoms with Crippen molar-refractivity contribution in [1.82, 2.24) is 15.0 Å². The van der Waals surface area contributed by atoms with Gasteiger partial charge in [0, 0.05) is 56.2 Å². The lowest BCUT2D eigenvalue weighted by Gasteiger charge is -2.14. The minimum absolute atomic E-state index is 0.657. The zero-order valence-electron chi connectivity index (χ0n) is 26.7. The smallest absolute Gasteiger partial charge is 0.160 e. The number of nitrogens with zero attached hydrogens (tertiary/aromatic N) is 3. The molecule has 0 fully saturated rings. The summed E-state index contributed by atoms with van der Waals surface area (Å²) in [7, 11) is 0. The SMILES string of the molecule is c1ccc(-c2nc(-c3ccccc3-c3ccncc3)cc(-c3ccc(-c4ccc5oc6ccccc6c5c4)c4oc5ccccc5c34)n2)cc1. The summed E-state index contributed by atoms with van der Waals surface area (Å²) in [5, 5.41) is 4.22. The van der Waals surface area contributed by atoms with Gasteiger partial charge in [-0.3, -0.25) is 4.98 Å². The van der Waals surface area contributed by atoms with Crippen LogP contribution in [0.4, 0.5) is 0 Å². The number of pyridine rings is 1. The molecule has 234 valence electrons. The highest BCUT2D eigenvalue weighted by Crippen LogP contribution is 2.43. The zero-order valence-corrected chi connectivity index (χ0v) is 26.7. The molecule has 4 heterocycles. The van der Waals surface area contributed by atoms with Crippen LogP contribution in [0.25, 0.3) is 100 Å². The molecule has 0 atom stereocenters. The van der Waals surface area contributed by atoms with E-state index in [0.29, 0.717) is 5.82 Å². The largest absolute Gasteiger partial charge is 0.456 e. The van der Waals surface area contributed by atoms with Gasteiger partial charge in [-0.05, 0) is 65.2 Å². The maximum atomic E-state index is 6.72. The minimum atomic E-state index is 0.657. The fourth-order valence-corrected chi connectivity index (χ4v) is 7.09. The van der Waals surface area contributed by atoms with Gasteiger partial charge in [0.15, 0.2) is 5.82 Å². The molecule has 0 N–H and O–H groups in total. The van der Waals surface area contributed by atoms with E-state index in [1.165, 1.54) is 0 Å². The molecule has 6 aromatic carbocycles. The number of hydrogen-bond donors (Lipinski definition) is 0. The van der Waals surface area contributed by atoms with Gasteiger partial charge in [0.1, 0.15) is 22.3 Å². The van der Waals surface area contributed by atoms with E-state index < -0.39 is 0 Å². The molecule has 10 aromatic rings. The molecule has 0 saturated carbocycles. The van der Waals surface area contributed by atoms with Crippen LogP contribution in [0.2, 0.25) is 0 Å².